The molecule has 0 aliphatic heterocycles. The van der Waals surface area contributed by atoms with E-state index in [1.807, 2.05) is 50.3 Å². The fraction of sp³-hybridized carbons (Fsp3) is 0.250. The van der Waals surface area contributed by atoms with Crippen molar-refractivity contribution in [2.24, 2.45) is 0 Å². The van der Waals surface area contributed by atoms with Crippen LogP contribution in [0.2, 0.25) is 0 Å². The Labute approximate surface area is 197 Å². The van der Waals surface area contributed by atoms with Crippen molar-refractivity contribution in [3.8, 4) is 0 Å². The number of nitrogens with one attached hydrogen (secondary N) is 2. The molecule has 3 heterocycles. The number of carbonyl (C=O) groups is 1. The van der Waals surface area contributed by atoms with Crippen LogP contribution in [0, 0.1) is 6.92 Å². The lowest BCUT2D eigenvalue weighted by atomic mass is 10.2. The smallest absolute Gasteiger partial charge is 0.234 e. The fourth-order valence-corrected chi connectivity index (χ4v) is 4.09. The average Bonchev–Trinajstić information content (AvgIpc) is 3.19. The number of anilines is 4. The Balaban J connectivity index is 1.46. The van der Waals surface area contributed by atoms with Gasteiger partial charge in [0.1, 0.15) is 22.0 Å². The van der Waals surface area contributed by atoms with Crippen molar-refractivity contribution in [2.45, 2.75) is 13.5 Å². The number of nitrogens with zero attached hydrogens (tertiary/aromatic N) is 5. The summed E-state index contributed by atoms with van der Waals surface area (Å²) in [5.41, 5.74) is 4.09. The van der Waals surface area contributed by atoms with Gasteiger partial charge in [-0.3, -0.25) is 4.79 Å². The number of benzene rings is 1. The number of carbonyl (C=O) groups excluding carboxylic acids is 1. The number of pyridine rings is 2. The van der Waals surface area contributed by atoms with Crippen molar-refractivity contribution < 1.29 is 4.79 Å². The van der Waals surface area contributed by atoms with Gasteiger partial charge in [-0.05, 0) is 63.0 Å². The molecule has 4 rings (SSSR count). The second kappa shape index (κ2) is 9.93. The van der Waals surface area contributed by atoms with E-state index in [-0.39, 0.29) is 5.91 Å². The number of fused-ring (bicyclic) bond motifs is 1. The summed E-state index contributed by atoms with van der Waals surface area (Å²) in [5, 5.41) is 6.89. The van der Waals surface area contributed by atoms with Crippen LogP contribution in [0.25, 0.3) is 10.3 Å². The molecule has 1 amide bonds. The fourth-order valence-electron chi connectivity index (χ4n) is 3.25. The summed E-state index contributed by atoms with van der Waals surface area (Å²) in [7, 11) is 5.74. The maximum atomic E-state index is 11.9. The first-order chi connectivity index (χ1) is 15.9. The van der Waals surface area contributed by atoms with Crippen LogP contribution in [0.15, 0.2) is 54.7 Å². The van der Waals surface area contributed by atoms with Gasteiger partial charge >= 0.3 is 0 Å². The predicted molar refractivity (Wildman–Crippen MR) is 135 cm³/mol. The molecule has 0 aliphatic carbocycles. The Morgan fingerprint density at radius 1 is 1.03 bits per heavy atom. The maximum Gasteiger partial charge on any atom is 0.234 e. The highest BCUT2D eigenvalue weighted by Crippen LogP contribution is 2.30. The molecule has 4 aromatic rings. The largest absolute Gasteiger partial charge is 0.351 e. The van der Waals surface area contributed by atoms with Gasteiger partial charge in [-0.15, -0.1) is 0 Å². The number of hydrogen-bond acceptors (Lipinski definition) is 8. The van der Waals surface area contributed by atoms with Crippen LogP contribution in [-0.4, -0.2) is 53.4 Å². The first kappa shape index (κ1) is 22.6. The second-order valence-electron chi connectivity index (χ2n) is 8.10. The standard InChI is InChI=1S/C24H27N7OS/c1-16-5-7-18(8-6-16)31(4)21-10-9-19-23(29-21)33-24(27-19)28-20-13-17(11-12-25-20)14-26-22(32)15-30(2)3/h5-13H,14-15H2,1-4H3,(H,26,32)(H,25,27,28). The third-order valence-corrected chi connectivity index (χ3v) is 5.90. The van der Waals surface area contributed by atoms with Gasteiger partial charge in [0.25, 0.3) is 0 Å². The molecule has 0 unspecified atom stereocenters. The number of aromatic nitrogens is 3. The summed E-state index contributed by atoms with van der Waals surface area (Å²) in [4.78, 5) is 30.4. The molecule has 1 aromatic carbocycles. The summed E-state index contributed by atoms with van der Waals surface area (Å²) in [6.45, 7) is 2.88. The molecule has 8 nitrogen and oxygen atoms in total. The number of rotatable bonds is 8. The number of thiazole rings is 1. The van der Waals surface area contributed by atoms with Gasteiger partial charge in [0.15, 0.2) is 5.13 Å². The van der Waals surface area contributed by atoms with E-state index in [0.717, 1.165) is 27.4 Å². The lowest BCUT2D eigenvalue weighted by Gasteiger charge is -2.18. The van der Waals surface area contributed by atoms with Crippen LogP contribution in [0.3, 0.4) is 0 Å². The van der Waals surface area contributed by atoms with E-state index in [2.05, 4.69) is 56.7 Å². The highest BCUT2D eigenvalue weighted by atomic mass is 32.1. The Bertz CT molecular complexity index is 1250. The minimum absolute atomic E-state index is 0.0185. The van der Waals surface area contributed by atoms with Crippen molar-refractivity contribution in [3.63, 3.8) is 0 Å². The Morgan fingerprint density at radius 3 is 2.58 bits per heavy atom. The molecular formula is C24H27N7OS. The predicted octanol–water partition coefficient (Wildman–Crippen LogP) is 4.08. The monoisotopic (exact) mass is 461 g/mol. The molecule has 33 heavy (non-hydrogen) atoms. The number of aryl methyl sites for hydroxylation is 1. The Morgan fingerprint density at radius 2 is 1.82 bits per heavy atom. The van der Waals surface area contributed by atoms with E-state index in [4.69, 9.17) is 4.98 Å². The molecule has 0 saturated heterocycles. The van der Waals surface area contributed by atoms with E-state index in [0.29, 0.717) is 24.0 Å². The van der Waals surface area contributed by atoms with Gasteiger partial charge in [0.2, 0.25) is 5.91 Å². The molecule has 0 fully saturated rings. The van der Waals surface area contributed by atoms with Crippen LogP contribution in [0.4, 0.5) is 22.5 Å². The highest BCUT2D eigenvalue weighted by molar-refractivity contribution is 7.21. The first-order valence-corrected chi connectivity index (χ1v) is 11.4. The van der Waals surface area contributed by atoms with Crippen molar-refractivity contribution >= 4 is 50.0 Å². The number of likely N-dealkylation sites (N-methyl/N-ethyl adjacent to an activating group) is 1. The topological polar surface area (TPSA) is 86.3 Å². The molecule has 0 saturated carbocycles. The summed E-state index contributed by atoms with van der Waals surface area (Å²) in [5.74, 6) is 1.51. The minimum Gasteiger partial charge on any atom is -0.351 e. The molecule has 0 aliphatic rings. The van der Waals surface area contributed by atoms with Crippen LogP contribution < -0.4 is 15.5 Å². The summed E-state index contributed by atoms with van der Waals surface area (Å²) in [6, 6.07) is 16.1. The minimum atomic E-state index is -0.0185. The Hall–Kier alpha value is -3.56. The van der Waals surface area contributed by atoms with Gasteiger partial charge in [-0.25, -0.2) is 15.0 Å². The van der Waals surface area contributed by atoms with Crippen molar-refractivity contribution in [3.05, 3.63) is 65.9 Å². The third kappa shape index (κ3) is 5.82. The van der Waals surface area contributed by atoms with Gasteiger partial charge in [0.05, 0.1) is 6.54 Å². The van der Waals surface area contributed by atoms with Crippen molar-refractivity contribution in [1.29, 1.82) is 0 Å². The van der Waals surface area contributed by atoms with Gasteiger partial charge in [-0.1, -0.05) is 29.0 Å². The lowest BCUT2D eigenvalue weighted by Crippen LogP contribution is -2.32. The first-order valence-electron chi connectivity index (χ1n) is 10.6. The molecule has 0 radical (unpaired) electrons. The van der Waals surface area contributed by atoms with E-state index in [9.17, 15) is 4.79 Å². The normalized spacial score (nSPS) is 11.1. The quantitative estimate of drug-likeness (QED) is 0.409. The average molecular weight is 462 g/mol. The van der Waals surface area contributed by atoms with Crippen LogP contribution in [0.1, 0.15) is 11.1 Å². The second-order valence-corrected chi connectivity index (χ2v) is 9.07. The number of amides is 1. The molecule has 170 valence electrons. The van der Waals surface area contributed by atoms with Gasteiger partial charge in [-0.2, -0.15) is 0 Å². The van der Waals surface area contributed by atoms with Crippen LogP contribution in [-0.2, 0) is 11.3 Å². The van der Waals surface area contributed by atoms with E-state index < -0.39 is 0 Å². The highest BCUT2D eigenvalue weighted by Gasteiger charge is 2.11. The summed E-state index contributed by atoms with van der Waals surface area (Å²) < 4.78 is 0. The molecule has 0 atom stereocenters. The maximum absolute atomic E-state index is 11.9. The van der Waals surface area contributed by atoms with Crippen LogP contribution >= 0.6 is 11.3 Å². The zero-order valence-electron chi connectivity index (χ0n) is 19.2. The molecule has 0 spiro atoms. The van der Waals surface area contributed by atoms with Crippen molar-refractivity contribution in [1.82, 2.24) is 25.2 Å². The summed E-state index contributed by atoms with van der Waals surface area (Å²) in [6.07, 6.45) is 1.72. The van der Waals surface area contributed by atoms with Crippen LogP contribution in [0.5, 0.6) is 0 Å². The molecule has 2 N–H and O–H groups in total. The number of hydrogen-bond donors (Lipinski definition) is 2. The van der Waals surface area contributed by atoms with Crippen molar-refractivity contribution in [2.75, 3.05) is 37.9 Å². The lowest BCUT2D eigenvalue weighted by molar-refractivity contribution is -0.121. The molecule has 3 aromatic heterocycles. The third-order valence-electron chi connectivity index (χ3n) is 5.01. The van der Waals surface area contributed by atoms with E-state index >= 15 is 0 Å². The molecular weight excluding hydrogens is 434 g/mol. The van der Waals surface area contributed by atoms with E-state index in [1.54, 1.807) is 6.20 Å². The zero-order valence-corrected chi connectivity index (χ0v) is 20.0. The zero-order chi connectivity index (χ0) is 23.4. The van der Waals surface area contributed by atoms with E-state index in [1.165, 1.54) is 16.9 Å². The van der Waals surface area contributed by atoms with Gasteiger partial charge in [0, 0.05) is 25.5 Å². The van der Waals surface area contributed by atoms with Gasteiger partial charge < -0.3 is 20.4 Å². The molecule has 0 bridgehead atoms. The Kier molecular flexibility index (Phi) is 6.81. The SMILES string of the molecule is Cc1ccc(N(C)c2ccc3nc(Nc4cc(CNC(=O)CN(C)C)ccn4)sc3n2)cc1. The molecule has 9 heteroatoms. The summed E-state index contributed by atoms with van der Waals surface area (Å²) >= 11 is 1.48.